The summed E-state index contributed by atoms with van der Waals surface area (Å²) in [4.78, 5) is 17.5. The smallest absolute Gasteiger partial charge is 0.244 e. The number of nitrogens with zero attached hydrogens (tertiary/aromatic N) is 2. The van der Waals surface area contributed by atoms with Gasteiger partial charge in [-0.1, -0.05) is 35.9 Å². The summed E-state index contributed by atoms with van der Waals surface area (Å²) >= 11 is 6.10. The molecule has 158 valence electrons. The third-order valence-electron chi connectivity index (χ3n) is 4.91. The Kier molecular flexibility index (Phi) is 6.09. The number of nitrogens with one attached hydrogen (secondary N) is 1. The van der Waals surface area contributed by atoms with Crippen molar-refractivity contribution in [3.05, 3.63) is 83.1 Å². The highest BCUT2D eigenvalue weighted by Gasteiger charge is 2.15. The lowest BCUT2D eigenvalue weighted by atomic mass is 10.2. The standard InChI is InChI=1S/C24H22ClN3O3/c1-16-13-17(11-12-18(16)25)31-15-23-26-19-7-3-5-9-21(19)28(23)14-24(29)27-20-8-4-6-10-22(20)30-2/h3-13H,14-15H2,1-2H3,(H,27,29). The zero-order valence-corrected chi connectivity index (χ0v) is 18.0. The van der Waals surface area contributed by atoms with Gasteiger partial charge in [0.15, 0.2) is 0 Å². The molecular formula is C24H22ClN3O3. The van der Waals surface area contributed by atoms with Crippen LogP contribution in [0.25, 0.3) is 11.0 Å². The van der Waals surface area contributed by atoms with Crippen LogP contribution >= 0.6 is 11.6 Å². The Morgan fingerprint density at radius 1 is 1.10 bits per heavy atom. The van der Waals surface area contributed by atoms with E-state index < -0.39 is 0 Å². The topological polar surface area (TPSA) is 65.4 Å². The molecule has 0 aliphatic heterocycles. The van der Waals surface area contributed by atoms with Crippen molar-refractivity contribution >= 4 is 34.2 Å². The van der Waals surface area contributed by atoms with Crippen molar-refractivity contribution in [2.75, 3.05) is 12.4 Å². The maximum atomic E-state index is 12.8. The number of halogens is 1. The van der Waals surface area contributed by atoms with Crippen LogP contribution in [0.15, 0.2) is 66.7 Å². The van der Waals surface area contributed by atoms with Gasteiger partial charge in [0.25, 0.3) is 0 Å². The summed E-state index contributed by atoms with van der Waals surface area (Å²) in [6.07, 6.45) is 0. The predicted octanol–water partition coefficient (Wildman–Crippen LogP) is 5.22. The normalized spacial score (nSPS) is 10.8. The van der Waals surface area contributed by atoms with Crippen molar-refractivity contribution < 1.29 is 14.3 Å². The minimum atomic E-state index is -0.184. The van der Waals surface area contributed by atoms with Gasteiger partial charge in [0, 0.05) is 5.02 Å². The first-order valence-electron chi connectivity index (χ1n) is 9.81. The van der Waals surface area contributed by atoms with Gasteiger partial charge in [0.1, 0.15) is 30.5 Å². The van der Waals surface area contributed by atoms with Gasteiger partial charge in [-0.25, -0.2) is 4.98 Å². The summed E-state index contributed by atoms with van der Waals surface area (Å²) < 4.78 is 13.1. The maximum Gasteiger partial charge on any atom is 0.244 e. The number of hydrogen-bond acceptors (Lipinski definition) is 4. The highest BCUT2D eigenvalue weighted by Crippen LogP contribution is 2.25. The Balaban J connectivity index is 1.57. The number of fused-ring (bicyclic) bond motifs is 1. The Morgan fingerprint density at radius 2 is 1.87 bits per heavy atom. The van der Waals surface area contributed by atoms with E-state index >= 15 is 0 Å². The molecule has 3 aromatic carbocycles. The molecule has 0 aliphatic carbocycles. The van der Waals surface area contributed by atoms with Crippen molar-refractivity contribution in [3.8, 4) is 11.5 Å². The third kappa shape index (κ3) is 4.64. The molecule has 0 radical (unpaired) electrons. The minimum absolute atomic E-state index is 0.0941. The lowest BCUT2D eigenvalue weighted by molar-refractivity contribution is -0.116. The van der Waals surface area contributed by atoms with Crippen LogP contribution in [0.4, 0.5) is 5.69 Å². The van der Waals surface area contributed by atoms with Crippen molar-refractivity contribution in [1.29, 1.82) is 0 Å². The third-order valence-corrected chi connectivity index (χ3v) is 5.34. The second kappa shape index (κ2) is 9.10. The monoisotopic (exact) mass is 435 g/mol. The van der Waals surface area contributed by atoms with E-state index in [1.54, 1.807) is 25.3 Å². The first-order chi connectivity index (χ1) is 15.0. The first-order valence-corrected chi connectivity index (χ1v) is 10.2. The number of para-hydroxylation sites is 4. The molecule has 0 saturated carbocycles. The van der Waals surface area contributed by atoms with Gasteiger partial charge >= 0.3 is 0 Å². The summed E-state index contributed by atoms with van der Waals surface area (Å²) in [6, 6.07) is 20.5. The molecular weight excluding hydrogens is 414 g/mol. The van der Waals surface area contributed by atoms with Gasteiger partial charge < -0.3 is 19.4 Å². The molecule has 0 atom stereocenters. The fourth-order valence-electron chi connectivity index (χ4n) is 3.35. The van der Waals surface area contributed by atoms with Crippen molar-refractivity contribution in [2.24, 2.45) is 0 Å². The van der Waals surface area contributed by atoms with Gasteiger partial charge in [-0.15, -0.1) is 0 Å². The Labute approximate surface area is 185 Å². The lowest BCUT2D eigenvalue weighted by Crippen LogP contribution is -2.21. The Morgan fingerprint density at radius 3 is 2.68 bits per heavy atom. The van der Waals surface area contributed by atoms with Gasteiger partial charge in [-0.3, -0.25) is 4.79 Å². The number of hydrogen-bond donors (Lipinski definition) is 1. The molecule has 31 heavy (non-hydrogen) atoms. The summed E-state index contributed by atoms with van der Waals surface area (Å²) in [5.74, 6) is 1.77. The Hall–Kier alpha value is -3.51. The van der Waals surface area contributed by atoms with Crippen molar-refractivity contribution in [1.82, 2.24) is 9.55 Å². The van der Waals surface area contributed by atoms with Crippen molar-refractivity contribution in [2.45, 2.75) is 20.1 Å². The fourth-order valence-corrected chi connectivity index (χ4v) is 3.47. The number of carbonyl (C=O) groups is 1. The average molecular weight is 436 g/mol. The van der Waals surface area contributed by atoms with Crippen LogP contribution in [0, 0.1) is 6.92 Å². The maximum absolute atomic E-state index is 12.8. The average Bonchev–Trinajstić information content (AvgIpc) is 3.12. The quantitative estimate of drug-likeness (QED) is 0.432. The van der Waals surface area contributed by atoms with Gasteiger partial charge in [0.2, 0.25) is 5.91 Å². The van der Waals surface area contributed by atoms with Crippen LogP contribution in [-0.2, 0) is 17.9 Å². The van der Waals surface area contributed by atoms with Gasteiger partial charge in [0.05, 0.1) is 23.8 Å². The number of rotatable bonds is 7. The fraction of sp³-hybridized carbons (Fsp3) is 0.167. The number of amides is 1. The number of benzene rings is 3. The molecule has 4 rings (SSSR count). The van der Waals surface area contributed by atoms with E-state index in [9.17, 15) is 4.79 Å². The van der Waals surface area contributed by atoms with E-state index in [1.807, 2.05) is 60.0 Å². The van der Waals surface area contributed by atoms with E-state index in [2.05, 4.69) is 10.3 Å². The van der Waals surface area contributed by atoms with E-state index in [1.165, 1.54) is 0 Å². The number of anilines is 1. The van der Waals surface area contributed by atoms with Gasteiger partial charge in [-0.05, 0) is 55.0 Å². The SMILES string of the molecule is COc1ccccc1NC(=O)Cn1c(COc2ccc(Cl)c(C)c2)nc2ccccc21. The number of aromatic nitrogens is 2. The molecule has 0 spiro atoms. The van der Waals surface area contributed by atoms with E-state index in [4.69, 9.17) is 21.1 Å². The molecule has 0 bridgehead atoms. The second-order valence-electron chi connectivity index (χ2n) is 7.05. The molecule has 0 aliphatic rings. The molecule has 4 aromatic rings. The zero-order valence-electron chi connectivity index (χ0n) is 17.3. The van der Waals surface area contributed by atoms with E-state index in [0.29, 0.717) is 28.0 Å². The van der Waals surface area contributed by atoms with Crippen LogP contribution in [0.5, 0.6) is 11.5 Å². The Bertz CT molecular complexity index is 1240. The molecule has 1 N–H and O–H groups in total. The molecule has 1 amide bonds. The highest BCUT2D eigenvalue weighted by molar-refractivity contribution is 6.31. The molecule has 0 fully saturated rings. The van der Waals surface area contributed by atoms with E-state index in [0.717, 1.165) is 16.6 Å². The minimum Gasteiger partial charge on any atom is -0.495 e. The van der Waals surface area contributed by atoms with Crippen LogP contribution in [0.3, 0.4) is 0 Å². The molecule has 1 heterocycles. The summed E-state index contributed by atoms with van der Waals surface area (Å²) in [6.45, 7) is 2.24. The van der Waals surface area contributed by atoms with Crippen LogP contribution in [0.1, 0.15) is 11.4 Å². The van der Waals surface area contributed by atoms with Crippen LogP contribution < -0.4 is 14.8 Å². The molecule has 7 heteroatoms. The molecule has 0 saturated heterocycles. The molecule has 1 aromatic heterocycles. The number of carbonyl (C=O) groups excluding carboxylic acids is 1. The highest BCUT2D eigenvalue weighted by atomic mass is 35.5. The van der Waals surface area contributed by atoms with Crippen LogP contribution in [0.2, 0.25) is 5.02 Å². The first kappa shape index (κ1) is 20.8. The van der Waals surface area contributed by atoms with Crippen LogP contribution in [-0.4, -0.2) is 22.6 Å². The number of aryl methyl sites for hydroxylation is 1. The zero-order chi connectivity index (χ0) is 21.8. The number of ether oxygens (including phenoxy) is 2. The largest absolute Gasteiger partial charge is 0.495 e. The van der Waals surface area contributed by atoms with Gasteiger partial charge in [-0.2, -0.15) is 0 Å². The van der Waals surface area contributed by atoms with E-state index in [-0.39, 0.29) is 19.1 Å². The predicted molar refractivity (Wildman–Crippen MR) is 122 cm³/mol. The number of imidazole rings is 1. The summed E-state index contributed by atoms with van der Waals surface area (Å²) in [5.41, 5.74) is 3.22. The molecule has 6 nitrogen and oxygen atoms in total. The summed E-state index contributed by atoms with van der Waals surface area (Å²) in [5, 5.41) is 3.60. The number of methoxy groups -OCH3 is 1. The molecule has 0 unspecified atom stereocenters. The lowest BCUT2D eigenvalue weighted by Gasteiger charge is -2.13. The summed E-state index contributed by atoms with van der Waals surface area (Å²) in [7, 11) is 1.57. The van der Waals surface area contributed by atoms with Crippen molar-refractivity contribution in [3.63, 3.8) is 0 Å². The second-order valence-corrected chi connectivity index (χ2v) is 7.46.